The van der Waals surface area contributed by atoms with Gasteiger partial charge in [-0.15, -0.1) is 0 Å². The number of anilines is 2. The number of fused-ring (bicyclic) bond motifs is 1. The summed E-state index contributed by atoms with van der Waals surface area (Å²) >= 11 is 6.12. The Kier molecular flexibility index (Phi) is 5.44. The number of ether oxygens (including phenoxy) is 2. The van der Waals surface area contributed by atoms with Crippen LogP contribution >= 0.6 is 11.6 Å². The van der Waals surface area contributed by atoms with Gasteiger partial charge in [-0.1, -0.05) is 35.9 Å². The first-order valence-electron chi connectivity index (χ1n) is 10.4. The summed E-state index contributed by atoms with van der Waals surface area (Å²) < 4.78 is 11.0. The molecule has 0 saturated carbocycles. The normalized spacial score (nSPS) is 22.0. The first-order valence-corrected chi connectivity index (χ1v) is 10.8. The van der Waals surface area contributed by atoms with Crippen molar-refractivity contribution in [2.24, 2.45) is 5.92 Å². The number of carbonyl (C=O) groups excluding carboxylic acids is 2. The van der Waals surface area contributed by atoms with Crippen molar-refractivity contribution in [2.45, 2.75) is 12.1 Å². The lowest BCUT2D eigenvalue weighted by molar-refractivity contribution is -0.126. The van der Waals surface area contributed by atoms with Gasteiger partial charge in [-0.3, -0.25) is 14.4 Å². The van der Waals surface area contributed by atoms with Gasteiger partial charge in [0.2, 0.25) is 5.91 Å². The number of carbonyl (C=O) groups is 2. The molecule has 3 aromatic carbocycles. The monoisotopic (exact) mass is 464 g/mol. The van der Waals surface area contributed by atoms with Crippen molar-refractivity contribution in [1.82, 2.24) is 0 Å². The summed E-state index contributed by atoms with van der Waals surface area (Å²) in [5, 5.41) is 2.07. The quantitative estimate of drug-likeness (QED) is 0.521. The molecule has 7 nitrogen and oxygen atoms in total. The van der Waals surface area contributed by atoms with Crippen molar-refractivity contribution in [3.05, 3.63) is 83.4 Å². The van der Waals surface area contributed by atoms with Crippen LogP contribution in [0.3, 0.4) is 0 Å². The Morgan fingerprint density at radius 1 is 0.848 bits per heavy atom. The van der Waals surface area contributed by atoms with E-state index in [9.17, 15) is 9.59 Å². The first kappa shape index (κ1) is 21.3. The summed E-state index contributed by atoms with van der Waals surface area (Å²) in [6, 6.07) is 20.8. The highest BCUT2D eigenvalue weighted by Gasteiger charge is 2.60. The molecule has 2 aliphatic heterocycles. The highest BCUT2D eigenvalue weighted by Crippen LogP contribution is 2.50. The molecule has 8 heteroatoms. The van der Waals surface area contributed by atoms with Gasteiger partial charge in [0.25, 0.3) is 5.91 Å². The predicted molar refractivity (Wildman–Crippen MR) is 124 cm³/mol. The number of halogens is 1. The maximum absolute atomic E-state index is 13.7. The van der Waals surface area contributed by atoms with Gasteiger partial charge < -0.3 is 9.47 Å². The average molecular weight is 465 g/mol. The number of rotatable bonds is 5. The van der Waals surface area contributed by atoms with Crippen molar-refractivity contribution >= 4 is 34.8 Å². The van der Waals surface area contributed by atoms with E-state index in [1.165, 1.54) is 0 Å². The van der Waals surface area contributed by atoms with Crippen LogP contribution in [0.1, 0.15) is 11.6 Å². The van der Waals surface area contributed by atoms with Crippen LogP contribution in [-0.4, -0.2) is 32.1 Å². The Balaban J connectivity index is 1.62. The largest absolute Gasteiger partial charge is 0.497 e. The molecule has 0 N–H and O–H groups in total. The third-order valence-corrected chi connectivity index (χ3v) is 6.19. The fourth-order valence-corrected chi connectivity index (χ4v) is 4.65. The highest BCUT2D eigenvalue weighted by molar-refractivity contribution is 6.31. The third-order valence-electron chi connectivity index (χ3n) is 5.95. The SMILES string of the molecule is COc1ccc([C@@H]2[C@H]3C(=O)N(c4cccc(Cl)c4)C(=O)[C@H]3ON2c2ccccc2)c(OC)c1. The number of hydroxylamine groups is 1. The molecule has 0 aromatic heterocycles. The Hall–Kier alpha value is -3.55. The number of methoxy groups -OCH3 is 2. The summed E-state index contributed by atoms with van der Waals surface area (Å²) in [7, 11) is 3.12. The van der Waals surface area contributed by atoms with Gasteiger partial charge in [0.1, 0.15) is 17.4 Å². The molecule has 0 bridgehead atoms. The second kappa shape index (κ2) is 8.42. The van der Waals surface area contributed by atoms with Crippen molar-refractivity contribution < 1.29 is 23.9 Å². The first-order chi connectivity index (χ1) is 16.0. The predicted octanol–water partition coefficient (Wildman–Crippen LogP) is 4.41. The topological polar surface area (TPSA) is 68.3 Å². The van der Waals surface area contributed by atoms with E-state index >= 15 is 0 Å². The number of amides is 2. The number of hydrogen-bond acceptors (Lipinski definition) is 6. The molecule has 3 atom stereocenters. The molecule has 33 heavy (non-hydrogen) atoms. The summed E-state index contributed by atoms with van der Waals surface area (Å²) in [6.07, 6.45) is -0.978. The van der Waals surface area contributed by atoms with Gasteiger partial charge in [0, 0.05) is 16.7 Å². The fourth-order valence-electron chi connectivity index (χ4n) is 4.46. The third kappa shape index (κ3) is 3.50. The summed E-state index contributed by atoms with van der Waals surface area (Å²) in [5.74, 6) is -0.409. The van der Waals surface area contributed by atoms with E-state index in [2.05, 4.69) is 0 Å². The number of benzene rings is 3. The fraction of sp³-hybridized carbons (Fsp3) is 0.200. The van der Waals surface area contributed by atoms with E-state index in [1.54, 1.807) is 55.7 Å². The molecule has 2 amide bonds. The van der Waals surface area contributed by atoms with Gasteiger partial charge in [-0.05, 0) is 42.5 Å². The minimum atomic E-state index is -0.978. The van der Waals surface area contributed by atoms with Gasteiger partial charge in [0.05, 0.1) is 31.6 Å². The van der Waals surface area contributed by atoms with E-state index in [0.29, 0.717) is 27.8 Å². The van der Waals surface area contributed by atoms with E-state index in [1.807, 2.05) is 36.4 Å². The molecule has 0 radical (unpaired) electrons. The van der Waals surface area contributed by atoms with E-state index in [0.717, 1.165) is 10.6 Å². The van der Waals surface area contributed by atoms with Crippen molar-refractivity contribution in [3.63, 3.8) is 0 Å². The summed E-state index contributed by atoms with van der Waals surface area (Å²) in [5.41, 5.74) is 1.86. The molecular weight excluding hydrogens is 444 g/mol. The lowest BCUT2D eigenvalue weighted by atomic mass is 9.90. The standard InChI is InChI=1S/C25H21ClN2O5/c1-31-18-11-12-19(20(14-18)32-2)22-21-23(33-28(22)16-8-4-3-5-9-16)25(30)27(24(21)29)17-10-6-7-15(26)13-17/h3-14,21-23H,1-2H3/t21-,22-,23+/m1/s1. The van der Waals surface area contributed by atoms with Crippen molar-refractivity contribution in [2.75, 3.05) is 24.2 Å². The van der Waals surface area contributed by atoms with Crippen LogP contribution in [0.2, 0.25) is 5.02 Å². The lowest BCUT2D eigenvalue weighted by Gasteiger charge is -2.29. The number of nitrogens with zero attached hydrogens (tertiary/aromatic N) is 2. The van der Waals surface area contributed by atoms with Crippen molar-refractivity contribution in [3.8, 4) is 11.5 Å². The zero-order chi connectivity index (χ0) is 23.1. The highest BCUT2D eigenvalue weighted by atomic mass is 35.5. The van der Waals surface area contributed by atoms with Crippen LogP contribution in [0.25, 0.3) is 0 Å². The lowest BCUT2D eigenvalue weighted by Crippen LogP contribution is -2.37. The molecule has 2 saturated heterocycles. The number of para-hydroxylation sites is 1. The second-order valence-electron chi connectivity index (χ2n) is 7.76. The van der Waals surface area contributed by atoms with Crippen LogP contribution in [-0.2, 0) is 14.4 Å². The van der Waals surface area contributed by atoms with Gasteiger partial charge in [0.15, 0.2) is 6.10 Å². The molecule has 3 aromatic rings. The van der Waals surface area contributed by atoms with E-state index in [4.69, 9.17) is 25.9 Å². The van der Waals surface area contributed by atoms with Gasteiger partial charge in [-0.25, -0.2) is 9.96 Å². The zero-order valence-corrected chi connectivity index (χ0v) is 18.7. The Bertz CT molecular complexity index is 1220. The van der Waals surface area contributed by atoms with Crippen LogP contribution < -0.4 is 19.4 Å². The Labute approximate surface area is 196 Å². The molecule has 5 rings (SSSR count). The molecule has 168 valence electrons. The molecule has 2 heterocycles. The molecule has 0 spiro atoms. The second-order valence-corrected chi connectivity index (χ2v) is 8.19. The maximum Gasteiger partial charge on any atom is 0.266 e. The van der Waals surface area contributed by atoms with Crippen LogP contribution in [0, 0.1) is 5.92 Å². The summed E-state index contributed by atoms with van der Waals surface area (Å²) in [6.45, 7) is 0. The van der Waals surface area contributed by atoms with Gasteiger partial charge in [-0.2, -0.15) is 0 Å². The molecule has 2 aliphatic rings. The van der Waals surface area contributed by atoms with Gasteiger partial charge >= 0.3 is 0 Å². The molecular formula is C25H21ClN2O5. The number of hydrogen-bond donors (Lipinski definition) is 0. The van der Waals surface area contributed by atoms with E-state index in [-0.39, 0.29) is 5.91 Å². The minimum absolute atomic E-state index is 0.353. The van der Waals surface area contributed by atoms with Crippen LogP contribution in [0.4, 0.5) is 11.4 Å². The van der Waals surface area contributed by atoms with Crippen molar-refractivity contribution in [1.29, 1.82) is 0 Å². The van der Waals surface area contributed by atoms with Crippen LogP contribution in [0.5, 0.6) is 11.5 Å². The minimum Gasteiger partial charge on any atom is -0.497 e. The molecule has 0 aliphatic carbocycles. The summed E-state index contributed by atoms with van der Waals surface area (Å²) in [4.78, 5) is 34.4. The molecule has 0 unspecified atom stereocenters. The van der Waals surface area contributed by atoms with Crippen LogP contribution in [0.15, 0.2) is 72.8 Å². The zero-order valence-electron chi connectivity index (χ0n) is 18.0. The number of imide groups is 1. The van der Waals surface area contributed by atoms with E-state index < -0.39 is 24.0 Å². The Morgan fingerprint density at radius 3 is 2.30 bits per heavy atom. The molecule has 2 fully saturated rings. The smallest absolute Gasteiger partial charge is 0.266 e. The maximum atomic E-state index is 13.7. The average Bonchev–Trinajstić information content (AvgIpc) is 3.35. The Morgan fingerprint density at radius 2 is 1.61 bits per heavy atom.